The minimum absolute atomic E-state index is 0.0872. The Morgan fingerprint density at radius 2 is 2.16 bits per heavy atom. The third-order valence-electron chi connectivity index (χ3n) is 3.30. The fourth-order valence-electron chi connectivity index (χ4n) is 2.28. The molecule has 2 rings (SSSR count). The number of aryl methyl sites for hydroxylation is 2. The molecule has 0 aromatic carbocycles. The lowest BCUT2D eigenvalue weighted by Gasteiger charge is -2.11. The number of rotatable bonds is 4. The van der Waals surface area contributed by atoms with Crippen molar-refractivity contribution >= 4 is 23.2 Å². The maximum absolute atomic E-state index is 12.1. The predicted molar refractivity (Wildman–Crippen MR) is 74.5 cm³/mol. The summed E-state index contributed by atoms with van der Waals surface area (Å²) in [6.07, 6.45) is 4.80. The number of ether oxygens (including phenoxy) is 1. The van der Waals surface area contributed by atoms with Crippen LogP contribution in [0.3, 0.4) is 0 Å². The Balaban J connectivity index is 1.96. The number of esters is 1. The largest absolute Gasteiger partial charge is 0.469 e. The van der Waals surface area contributed by atoms with E-state index in [1.807, 2.05) is 13.0 Å². The van der Waals surface area contributed by atoms with Gasteiger partial charge < -0.3 is 10.1 Å². The van der Waals surface area contributed by atoms with Gasteiger partial charge in [-0.2, -0.15) is 0 Å². The molecule has 0 saturated heterocycles. The van der Waals surface area contributed by atoms with E-state index in [1.54, 1.807) is 11.3 Å². The summed E-state index contributed by atoms with van der Waals surface area (Å²) in [5.74, 6) is -0.394. The van der Waals surface area contributed by atoms with Crippen LogP contribution in [0.5, 0.6) is 0 Å². The number of nitrogens with one attached hydrogen (secondary N) is 1. The molecule has 0 radical (unpaired) electrons. The third kappa shape index (κ3) is 3.56. The number of carbonyl (C=O) groups is 2. The Labute approximate surface area is 117 Å². The highest BCUT2D eigenvalue weighted by Gasteiger charge is 2.19. The van der Waals surface area contributed by atoms with Crippen molar-refractivity contribution in [1.82, 2.24) is 5.32 Å². The molecule has 19 heavy (non-hydrogen) atoms. The molecule has 1 aliphatic rings. The van der Waals surface area contributed by atoms with Gasteiger partial charge in [0.2, 0.25) is 0 Å². The Kier molecular flexibility index (Phi) is 4.58. The van der Waals surface area contributed by atoms with E-state index in [4.69, 9.17) is 0 Å². The summed E-state index contributed by atoms with van der Waals surface area (Å²) >= 11 is 1.58. The number of thiophene rings is 1. The Bertz CT molecular complexity index is 458. The number of hydrogen-bond donors (Lipinski definition) is 1. The topological polar surface area (TPSA) is 55.4 Å². The normalized spacial score (nSPS) is 15.5. The van der Waals surface area contributed by atoms with Crippen LogP contribution in [0.15, 0.2) is 6.07 Å². The van der Waals surface area contributed by atoms with E-state index in [-0.39, 0.29) is 24.3 Å². The summed E-state index contributed by atoms with van der Waals surface area (Å²) in [7, 11) is 1.35. The van der Waals surface area contributed by atoms with Crippen LogP contribution in [0, 0.1) is 0 Å². The van der Waals surface area contributed by atoms with Gasteiger partial charge in [-0.25, -0.2) is 0 Å². The van der Waals surface area contributed by atoms with Crippen molar-refractivity contribution in [1.29, 1.82) is 0 Å². The highest BCUT2D eigenvalue weighted by atomic mass is 32.1. The second-order valence-corrected chi connectivity index (χ2v) is 6.06. The second kappa shape index (κ2) is 6.19. The molecular formula is C14H19NO3S. The molecule has 1 amide bonds. The fourth-order valence-corrected chi connectivity index (χ4v) is 3.44. The van der Waals surface area contributed by atoms with Gasteiger partial charge in [-0.1, -0.05) is 0 Å². The summed E-state index contributed by atoms with van der Waals surface area (Å²) < 4.78 is 4.59. The third-order valence-corrected chi connectivity index (χ3v) is 4.53. The van der Waals surface area contributed by atoms with Crippen molar-refractivity contribution in [3.05, 3.63) is 21.4 Å². The van der Waals surface area contributed by atoms with E-state index in [1.165, 1.54) is 30.4 Å². The molecule has 1 aliphatic carbocycles. The number of methoxy groups -OCH3 is 1. The standard InChI is InChI=1S/C14H19NO3S/c1-9(7-13(16)18-2)15-14(17)12-8-10-5-3-4-6-11(10)19-12/h8-9H,3-7H2,1-2H3,(H,15,17)/t9-/m0/s1. The average molecular weight is 281 g/mol. The molecule has 1 N–H and O–H groups in total. The molecular weight excluding hydrogens is 262 g/mol. The summed E-state index contributed by atoms with van der Waals surface area (Å²) in [5, 5.41) is 2.84. The molecule has 104 valence electrons. The molecule has 0 saturated carbocycles. The van der Waals surface area contributed by atoms with Gasteiger partial charge in [-0.3, -0.25) is 9.59 Å². The molecule has 4 nitrogen and oxygen atoms in total. The van der Waals surface area contributed by atoms with Gasteiger partial charge in [0.05, 0.1) is 18.4 Å². The summed E-state index contributed by atoms with van der Waals surface area (Å²) in [5.41, 5.74) is 1.32. The van der Waals surface area contributed by atoms with Crippen LogP contribution < -0.4 is 5.32 Å². The molecule has 1 heterocycles. The van der Waals surface area contributed by atoms with Crippen molar-refractivity contribution in [2.45, 2.75) is 45.1 Å². The highest BCUT2D eigenvalue weighted by molar-refractivity contribution is 7.14. The average Bonchev–Trinajstić information content (AvgIpc) is 2.82. The van der Waals surface area contributed by atoms with E-state index in [0.717, 1.165) is 17.7 Å². The fraction of sp³-hybridized carbons (Fsp3) is 0.571. The molecule has 0 bridgehead atoms. The molecule has 0 unspecified atom stereocenters. The maximum atomic E-state index is 12.1. The predicted octanol–water partition coefficient (Wildman–Crippen LogP) is 2.31. The minimum atomic E-state index is -0.307. The maximum Gasteiger partial charge on any atom is 0.307 e. The van der Waals surface area contributed by atoms with Gasteiger partial charge >= 0.3 is 5.97 Å². The highest BCUT2D eigenvalue weighted by Crippen LogP contribution is 2.29. The zero-order valence-electron chi connectivity index (χ0n) is 11.3. The van der Waals surface area contributed by atoms with E-state index in [0.29, 0.717) is 0 Å². The Hall–Kier alpha value is -1.36. The quantitative estimate of drug-likeness (QED) is 0.862. The van der Waals surface area contributed by atoms with Gasteiger partial charge in [-0.05, 0) is 44.2 Å². The molecule has 0 fully saturated rings. The monoisotopic (exact) mass is 281 g/mol. The van der Waals surface area contributed by atoms with Crippen molar-refractivity contribution in [3.8, 4) is 0 Å². The first-order valence-electron chi connectivity index (χ1n) is 6.59. The van der Waals surface area contributed by atoms with E-state index in [9.17, 15) is 9.59 Å². The lowest BCUT2D eigenvalue weighted by Crippen LogP contribution is -2.34. The van der Waals surface area contributed by atoms with Crippen molar-refractivity contribution < 1.29 is 14.3 Å². The summed E-state index contributed by atoms with van der Waals surface area (Å²) in [6.45, 7) is 1.81. The van der Waals surface area contributed by atoms with Gasteiger partial charge in [0, 0.05) is 10.9 Å². The van der Waals surface area contributed by atoms with Gasteiger partial charge in [0.15, 0.2) is 0 Å². The van der Waals surface area contributed by atoms with Crippen LogP contribution in [-0.4, -0.2) is 25.0 Å². The second-order valence-electron chi connectivity index (χ2n) is 4.92. The number of carbonyl (C=O) groups excluding carboxylic acids is 2. The molecule has 1 aromatic heterocycles. The first kappa shape index (κ1) is 14.1. The SMILES string of the molecule is COC(=O)C[C@H](C)NC(=O)c1cc2c(s1)CCCC2. The molecule has 1 aromatic rings. The zero-order valence-corrected chi connectivity index (χ0v) is 12.1. The van der Waals surface area contributed by atoms with Crippen molar-refractivity contribution in [2.75, 3.05) is 7.11 Å². The van der Waals surface area contributed by atoms with Crippen LogP contribution in [0.25, 0.3) is 0 Å². The van der Waals surface area contributed by atoms with Gasteiger partial charge in [0.25, 0.3) is 5.91 Å². The summed E-state index contributed by atoms with van der Waals surface area (Å²) in [6, 6.07) is 1.79. The first-order valence-corrected chi connectivity index (χ1v) is 7.41. The van der Waals surface area contributed by atoms with Crippen molar-refractivity contribution in [3.63, 3.8) is 0 Å². The molecule has 1 atom stereocenters. The number of hydrogen-bond acceptors (Lipinski definition) is 4. The first-order chi connectivity index (χ1) is 9.10. The minimum Gasteiger partial charge on any atom is -0.469 e. The lowest BCUT2D eigenvalue weighted by atomic mass is 9.99. The number of amides is 1. The van der Waals surface area contributed by atoms with E-state index >= 15 is 0 Å². The molecule has 5 heteroatoms. The number of fused-ring (bicyclic) bond motifs is 1. The smallest absolute Gasteiger partial charge is 0.307 e. The van der Waals surface area contributed by atoms with Crippen molar-refractivity contribution in [2.24, 2.45) is 0 Å². The van der Waals surface area contributed by atoms with Gasteiger partial charge in [-0.15, -0.1) is 11.3 Å². The lowest BCUT2D eigenvalue weighted by molar-refractivity contribution is -0.141. The van der Waals surface area contributed by atoms with Crippen LogP contribution >= 0.6 is 11.3 Å². The molecule has 0 aliphatic heterocycles. The molecule has 0 spiro atoms. The van der Waals surface area contributed by atoms with Crippen LogP contribution in [0.4, 0.5) is 0 Å². The Morgan fingerprint density at radius 3 is 2.84 bits per heavy atom. The Morgan fingerprint density at radius 1 is 1.42 bits per heavy atom. The summed E-state index contributed by atoms with van der Waals surface area (Å²) in [4.78, 5) is 25.3. The van der Waals surface area contributed by atoms with E-state index < -0.39 is 0 Å². The van der Waals surface area contributed by atoms with E-state index in [2.05, 4.69) is 10.1 Å². The van der Waals surface area contributed by atoms with Crippen LogP contribution in [0.1, 0.15) is 46.3 Å². The zero-order chi connectivity index (χ0) is 13.8. The van der Waals surface area contributed by atoms with Gasteiger partial charge in [0.1, 0.15) is 0 Å². The van der Waals surface area contributed by atoms with Crippen LogP contribution in [0.2, 0.25) is 0 Å². The van der Waals surface area contributed by atoms with Crippen LogP contribution in [-0.2, 0) is 22.4 Å².